The second-order valence-corrected chi connectivity index (χ2v) is 5.15. The molecule has 1 rings (SSSR count). The standard InChI is InChI=1S/C6H13NO2S/c1-6-4-7-2-3-10(8,9)5-6/h6-7H,2-5H2,1H3/t6-/m0/s1. The lowest BCUT2D eigenvalue weighted by molar-refractivity contribution is 0.568. The molecule has 0 radical (unpaired) electrons. The van der Waals surface area contributed by atoms with Crippen LogP contribution in [-0.2, 0) is 9.84 Å². The number of sulfone groups is 1. The van der Waals surface area contributed by atoms with E-state index in [1.54, 1.807) is 0 Å². The van der Waals surface area contributed by atoms with Crippen LogP contribution in [0.25, 0.3) is 0 Å². The third kappa shape index (κ3) is 2.27. The van der Waals surface area contributed by atoms with Gasteiger partial charge in [-0.25, -0.2) is 8.42 Å². The Bertz CT molecular complexity index is 198. The summed E-state index contributed by atoms with van der Waals surface area (Å²) in [6.45, 7) is 3.40. The monoisotopic (exact) mass is 163 g/mol. The molecule has 0 saturated carbocycles. The van der Waals surface area contributed by atoms with Gasteiger partial charge in [-0.1, -0.05) is 6.92 Å². The van der Waals surface area contributed by atoms with Gasteiger partial charge in [-0.2, -0.15) is 0 Å². The molecule has 1 saturated heterocycles. The predicted molar refractivity (Wildman–Crippen MR) is 40.7 cm³/mol. The van der Waals surface area contributed by atoms with Gasteiger partial charge in [0, 0.05) is 6.54 Å². The molecule has 0 amide bonds. The molecule has 0 aromatic carbocycles. The summed E-state index contributed by atoms with van der Waals surface area (Å²) in [4.78, 5) is 0. The quantitative estimate of drug-likeness (QED) is 0.530. The Morgan fingerprint density at radius 2 is 2.20 bits per heavy atom. The minimum atomic E-state index is -2.73. The predicted octanol–water partition coefficient (Wildman–Crippen LogP) is -0.359. The van der Waals surface area contributed by atoms with E-state index in [-0.39, 0.29) is 5.92 Å². The first kappa shape index (κ1) is 8.01. The first-order valence-electron chi connectivity index (χ1n) is 3.51. The summed E-state index contributed by atoms with van der Waals surface area (Å²) in [5.41, 5.74) is 0. The maximum absolute atomic E-state index is 11.0. The average Bonchev–Trinajstić information content (AvgIpc) is 1.90. The van der Waals surface area contributed by atoms with Crippen LogP contribution in [0.4, 0.5) is 0 Å². The number of hydrogen-bond acceptors (Lipinski definition) is 3. The second-order valence-electron chi connectivity index (χ2n) is 2.92. The molecule has 1 aliphatic heterocycles. The number of nitrogens with one attached hydrogen (secondary N) is 1. The molecule has 0 aromatic heterocycles. The molecular formula is C6H13NO2S. The van der Waals surface area contributed by atoms with Crippen molar-refractivity contribution in [3.63, 3.8) is 0 Å². The summed E-state index contributed by atoms with van der Waals surface area (Å²) < 4.78 is 22.1. The molecule has 10 heavy (non-hydrogen) atoms. The van der Waals surface area contributed by atoms with Gasteiger partial charge in [0.15, 0.2) is 9.84 Å². The first-order valence-corrected chi connectivity index (χ1v) is 5.33. The van der Waals surface area contributed by atoms with Crippen molar-refractivity contribution in [3.05, 3.63) is 0 Å². The molecule has 1 aliphatic rings. The van der Waals surface area contributed by atoms with E-state index < -0.39 is 9.84 Å². The van der Waals surface area contributed by atoms with Gasteiger partial charge in [0.1, 0.15) is 0 Å². The van der Waals surface area contributed by atoms with Crippen molar-refractivity contribution in [3.8, 4) is 0 Å². The van der Waals surface area contributed by atoms with Crippen molar-refractivity contribution in [1.29, 1.82) is 0 Å². The van der Waals surface area contributed by atoms with Crippen LogP contribution in [0.1, 0.15) is 6.92 Å². The SMILES string of the molecule is C[C@H]1CNCCS(=O)(=O)C1. The van der Waals surface area contributed by atoms with Crippen LogP contribution < -0.4 is 5.32 Å². The molecule has 1 heterocycles. The van der Waals surface area contributed by atoms with Crippen LogP contribution >= 0.6 is 0 Å². The van der Waals surface area contributed by atoms with Gasteiger partial charge < -0.3 is 5.32 Å². The smallest absolute Gasteiger partial charge is 0.151 e. The Morgan fingerprint density at radius 1 is 1.50 bits per heavy atom. The number of hydrogen-bond donors (Lipinski definition) is 1. The molecule has 1 N–H and O–H groups in total. The molecular weight excluding hydrogens is 150 g/mol. The summed E-state index contributed by atoms with van der Waals surface area (Å²) in [7, 11) is -2.73. The Morgan fingerprint density at radius 3 is 2.90 bits per heavy atom. The Labute approximate surface area is 61.7 Å². The molecule has 0 aliphatic carbocycles. The summed E-state index contributed by atoms with van der Waals surface area (Å²) in [5.74, 6) is 0.921. The summed E-state index contributed by atoms with van der Waals surface area (Å²) in [6.07, 6.45) is 0. The second kappa shape index (κ2) is 2.88. The van der Waals surface area contributed by atoms with Crippen LogP contribution in [0, 0.1) is 5.92 Å². The third-order valence-electron chi connectivity index (χ3n) is 1.62. The minimum absolute atomic E-state index is 0.271. The van der Waals surface area contributed by atoms with Crippen molar-refractivity contribution in [2.75, 3.05) is 24.6 Å². The highest BCUT2D eigenvalue weighted by Gasteiger charge is 2.18. The van der Waals surface area contributed by atoms with Crippen molar-refractivity contribution >= 4 is 9.84 Å². The van der Waals surface area contributed by atoms with E-state index in [0.29, 0.717) is 18.1 Å². The zero-order valence-corrected chi connectivity index (χ0v) is 6.95. The van der Waals surface area contributed by atoms with E-state index >= 15 is 0 Å². The Balaban J connectivity index is 2.64. The molecule has 0 bridgehead atoms. The van der Waals surface area contributed by atoms with Gasteiger partial charge in [-0.15, -0.1) is 0 Å². The van der Waals surface area contributed by atoms with Crippen LogP contribution in [0.15, 0.2) is 0 Å². The fourth-order valence-electron chi connectivity index (χ4n) is 1.15. The molecule has 0 aromatic rings. The highest BCUT2D eigenvalue weighted by atomic mass is 32.2. The van der Waals surface area contributed by atoms with E-state index in [9.17, 15) is 8.42 Å². The highest BCUT2D eigenvalue weighted by Crippen LogP contribution is 2.03. The maximum Gasteiger partial charge on any atom is 0.151 e. The number of rotatable bonds is 0. The first-order chi connectivity index (χ1) is 4.60. The van der Waals surface area contributed by atoms with Gasteiger partial charge in [-0.3, -0.25) is 0 Å². The van der Waals surface area contributed by atoms with Crippen LogP contribution in [0.3, 0.4) is 0 Å². The Hall–Kier alpha value is -0.0900. The fraction of sp³-hybridized carbons (Fsp3) is 1.00. The van der Waals surface area contributed by atoms with Gasteiger partial charge in [0.25, 0.3) is 0 Å². The van der Waals surface area contributed by atoms with Crippen molar-refractivity contribution in [2.45, 2.75) is 6.92 Å². The van der Waals surface area contributed by atoms with Gasteiger partial charge >= 0.3 is 0 Å². The van der Waals surface area contributed by atoms with Gasteiger partial charge in [0.05, 0.1) is 11.5 Å². The minimum Gasteiger partial charge on any atom is -0.315 e. The summed E-state index contributed by atoms with van der Waals surface area (Å²) >= 11 is 0. The van der Waals surface area contributed by atoms with Crippen molar-refractivity contribution < 1.29 is 8.42 Å². The van der Waals surface area contributed by atoms with E-state index in [4.69, 9.17) is 0 Å². The van der Waals surface area contributed by atoms with Crippen LogP contribution in [0.5, 0.6) is 0 Å². The fourth-order valence-corrected chi connectivity index (χ4v) is 2.76. The van der Waals surface area contributed by atoms with Crippen molar-refractivity contribution in [2.24, 2.45) is 5.92 Å². The normalized spacial score (nSPS) is 33.1. The van der Waals surface area contributed by atoms with Gasteiger partial charge in [0.2, 0.25) is 0 Å². The topological polar surface area (TPSA) is 46.2 Å². The largest absolute Gasteiger partial charge is 0.315 e. The maximum atomic E-state index is 11.0. The lowest BCUT2D eigenvalue weighted by atomic mass is 10.2. The average molecular weight is 163 g/mol. The molecule has 0 spiro atoms. The van der Waals surface area contributed by atoms with Crippen molar-refractivity contribution in [1.82, 2.24) is 5.32 Å². The third-order valence-corrected chi connectivity index (χ3v) is 3.52. The molecule has 4 heteroatoms. The molecule has 1 fully saturated rings. The van der Waals surface area contributed by atoms with Gasteiger partial charge in [-0.05, 0) is 12.5 Å². The lowest BCUT2D eigenvalue weighted by Crippen LogP contribution is -2.20. The molecule has 1 atom stereocenters. The Kier molecular flexibility index (Phi) is 2.31. The summed E-state index contributed by atoms with van der Waals surface area (Å²) in [5, 5.41) is 3.07. The van der Waals surface area contributed by atoms with E-state index in [1.165, 1.54) is 0 Å². The zero-order chi connectivity index (χ0) is 7.61. The summed E-state index contributed by atoms with van der Waals surface area (Å²) in [6, 6.07) is 0. The molecule has 3 nitrogen and oxygen atoms in total. The highest BCUT2D eigenvalue weighted by molar-refractivity contribution is 7.91. The van der Waals surface area contributed by atoms with E-state index in [2.05, 4.69) is 5.32 Å². The van der Waals surface area contributed by atoms with Crippen LogP contribution in [0.2, 0.25) is 0 Å². The molecule has 60 valence electrons. The lowest BCUT2D eigenvalue weighted by Gasteiger charge is -2.04. The van der Waals surface area contributed by atoms with Crippen LogP contribution in [-0.4, -0.2) is 33.0 Å². The molecule has 0 unspecified atom stereocenters. The zero-order valence-electron chi connectivity index (χ0n) is 6.13. The van der Waals surface area contributed by atoms with E-state index in [1.807, 2.05) is 6.92 Å². The van der Waals surface area contributed by atoms with E-state index in [0.717, 1.165) is 6.54 Å².